The largest absolute Gasteiger partial charge is 0.369 e. The highest BCUT2D eigenvalue weighted by molar-refractivity contribution is 5.79. The van der Waals surface area contributed by atoms with Gasteiger partial charge in [-0.2, -0.15) is 0 Å². The van der Waals surface area contributed by atoms with Crippen LogP contribution in [0.2, 0.25) is 0 Å². The minimum atomic E-state index is -0.670. The highest BCUT2D eigenvalue weighted by atomic mass is 19.1. The van der Waals surface area contributed by atoms with Crippen LogP contribution in [0.5, 0.6) is 0 Å². The Labute approximate surface area is 111 Å². The van der Waals surface area contributed by atoms with E-state index < -0.39 is 11.6 Å². The molecule has 0 aliphatic heterocycles. The quantitative estimate of drug-likeness (QED) is 0.913. The Bertz CT molecular complexity index is 592. The summed E-state index contributed by atoms with van der Waals surface area (Å²) in [5, 5.41) is 0. The first-order chi connectivity index (χ1) is 8.93. The molecule has 2 aromatic rings. The molecule has 1 heterocycles. The Morgan fingerprint density at radius 2 is 2.00 bits per heavy atom. The lowest BCUT2D eigenvalue weighted by Crippen LogP contribution is -2.12. The normalized spacial score (nSPS) is 14.8. The van der Waals surface area contributed by atoms with Crippen LogP contribution in [0.1, 0.15) is 39.7 Å². The van der Waals surface area contributed by atoms with Crippen molar-refractivity contribution in [2.75, 3.05) is 5.73 Å². The van der Waals surface area contributed by atoms with Crippen molar-refractivity contribution < 1.29 is 8.78 Å². The second kappa shape index (κ2) is 5.15. The number of anilines is 1. The molecule has 0 spiro atoms. The van der Waals surface area contributed by atoms with Gasteiger partial charge < -0.3 is 10.3 Å². The summed E-state index contributed by atoms with van der Waals surface area (Å²) in [4.78, 5) is 4.01. The van der Waals surface area contributed by atoms with Crippen molar-refractivity contribution in [3.63, 3.8) is 0 Å². The van der Waals surface area contributed by atoms with Crippen molar-refractivity contribution in [2.24, 2.45) is 5.92 Å². The molecule has 0 saturated carbocycles. The van der Waals surface area contributed by atoms with Gasteiger partial charge in [0.05, 0.1) is 5.52 Å². The number of imidazole rings is 1. The third-order valence-corrected chi connectivity index (χ3v) is 3.62. The zero-order valence-electron chi connectivity index (χ0n) is 11.5. The van der Waals surface area contributed by atoms with Crippen LogP contribution in [0.4, 0.5) is 14.7 Å². The van der Waals surface area contributed by atoms with Crippen LogP contribution in [-0.4, -0.2) is 9.55 Å². The van der Waals surface area contributed by atoms with Crippen molar-refractivity contribution in [3.8, 4) is 0 Å². The minimum absolute atomic E-state index is 0.0566. The van der Waals surface area contributed by atoms with E-state index in [4.69, 9.17) is 5.73 Å². The zero-order chi connectivity index (χ0) is 14.2. The van der Waals surface area contributed by atoms with Gasteiger partial charge in [-0.3, -0.25) is 0 Å². The minimum Gasteiger partial charge on any atom is -0.369 e. The lowest BCUT2D eigenvalue weighted by atomic mass is 10.00. The van der Waals surface area contributed by atoms with Gasteiger partial charge in [0.1, 0.15) is 11.3 Å². The average Bonchev–Trinajstić information content (AvgIpc) is 2.65. The van der Waals surface area contributed by atoms with E-state index >= 15 is 0 Å². The number of fused-ring (bicyclic) bond motifs is 1. The van der Waals surface area contributed by atoms with Gasteiger partial charge in [-0.25, -0.2) is 13.8 Å². The first-order valence-corrected chi connectivity index (χ1v) is 6.56. The van der Waals surface area contributed by atoms with E-state index in [-0.39, 0.29) is 17.5 Å². The van der Waals surface area contributed by atoms with E-state index in [0.717, 1.165) is 18.9 Å². The summed E-state index contributed by atoms with van der Waals surface area (Å²) in [6.45, 7) is 6.26. The highest BCUT2D eigenvalue weighted by Crippen LogP contribution is 2.29. The molecule has 1 aromatic carbocycles. The average molecular weight is 267 g/mol. The number of nitrogens with two attached hydrogens (primary N) is 1. The summed E-state index contributed by atoms with van der Waals surface area (Å²) in [5.74, 6) is -0.529. The Morgan fingerprint density at radius 3 is 2.63 bits per heavy atom. The molecule has 2 unspecified atom stereocenters. The molecular formula is C14H19F2N3. The van der Waals surface area contributed by atoms with Gasteiger partial charge in [0, 0.05) is 18.2 Å². The van der Waals surface area contributed by atoms with Crippen LogP contribution in [0.3, 0.4) is 0 Å². The van der Waals surface area contributed by atoms with Crippen molar-refractivity contribution in [1.29, 1.82) is 0 Å². The van der Waals surface area contributed by atoms with Crippen LogP contribution in [0.15, 0.2) is 12.1 Å². The second-order valence-corrected chi connectivity index (χ2v) is 5.19. The maximum atomic E-state index is 13.7. The van der Waals surface area contributed by atoms with Gasteiger partial charge >= 0.3 is 0 Å². The van der Waals surface area contributed by atoms with Gasteiger partial charge in [-0.15, -0.1) is 0 Å². The molecule has 0 aliphatic carbocycles. The van der Waals surface area contributed by atoms with Gasteiger partial charge in [0.2, 0.25) is 5.95 Å². The van der Waals surface area contributed by atoms with Crippen LogP contribution < -0.4 is 5.73 Å². The number of nitrogens with zero attached hydrogens (tertiary/aromatic N) is 2. The maximum absolute atomic E-state index is 13.7. The fraction of sp³-hybridized carbons (Fsp3) is 0.500. The number of aromatic nitrogens is 2. The van der Waals surface area contributed by atoms with Crippen LogP contribution in [0.25, 0.3) is 11.0 Å². The number of benzene rings is 1. The van der Waals surface area contributed by atoms with Crippen LogP contribution in [0, 0.1) is 17.6 Å². The van der Waals surface area contributed by atoms with E-state index in [0.29, 0.717) is 11.4 Å². The molecule has 1 aromatic heterocycles. The van der Waals surface area contributed by atoms with E-state index in [1.807, 2.05) is 6.92 Å². The van der Waals surface area contributed by atoms with Crippen LogP contribution in [-0.2, 0) is 0 Å². The molecular weight excluding hydrogens is 248 g/mol. The summed E-state index contributed by atoms with van der Waals surface area (Å²) in [6.07, 6.45) is 1.95. The molecule has 0 saturated heterocycles. The fourth-order valence-electron chi connectivity index (χ4n) is 2.46. The molecule has 104 valence electrons. The van der Waals surface area contributed by atoms with E-state index in [1.165, 1.54) is 6.07 Å². The molecule has 0 aliphatic rings. The maximum Gasteiger partial charge on any atom is 0.201 e. The summed E-state index contributed by atoms with van der Waals surface area (Å²) in [6, 6.07) is 2.18. The van der Waals surface area contributed by atoms with Gasteiger partial charge in [0.15, 0.2) is 5.82 Å². The number of rotatable bonds is 4. The Morgan fingerprint density at radius 1 is 1.32 bits per heavy atom. The highest BCUT2D eigenvalue weighted by Gasteiger charge is 2.18. The lowest BCUT2D eigenvalue weighted by molar-refractivity contribution is 0.407. The third-order valence-electron chi connectivity index (χ3n) is 3.62. The fourth-order valence-corrected chi connectivity index (χ4v) is 2.46. The van der Waals surface area contributed by atoms with Crippen molar-refractivity contribution in [3.05, 3.63) is 23.8 Å². The van der Waals surface area contributed by atoms with Gasteiger partial charge in [-0.05, 0) is 19.3 Å². The van der Waals surface area contributed by atoms with Gasteiger partial charge in [0.25, 0.3) is 0 Å². The summed E-state index contributed by atoms with van der Waals surface area (Å²) >= 11 is 0. The summed E-state index contributed by atoms with van der Waals surface area (Å²) in [5.41, 5.74) is 6.41. The number of hydrogen-bond donors (Lipinski definition) is 1. The first-order valence-electron chi connectivity index (χ1n) is 6.56. The molecule has 5 heteroatoms. The molecule has 2 rings (SSSR count). The summed E-state index contributed by atoms with van der Waals surface area (Å²) in [7, 11) is 0. The molecule has 0 bridgehead atoms. The van der Waals surface area contributed by atoms with E-state index in [1.54, 1.807) is 4.57 Å². The van der Waals surface area contributed by atoms with Crippen molar-refractivity contribution >= 4 is 17.0 Å². The smallest absolute Gasteiger partial charge is 0.201 e. The zero-order valence-corrected chi connectivity index (χ0v) is 11.5. The molecule has 0 amide bonds. The lowest BCUT2D eigenvalue weighted by Gasteiger charge is -2.19. The SMILES string of the molecule is CCC(C)CC(C)n1c(N)nc2c(F)cc(F)cc21. The van der Waals surface area contributed by atoms with Gasteiger partial charge in [-0.1, -0.05) is 20.3 Å². The third kappa shape index (κ3) is 2.55. The second-order valence-electron chi connectivity index (χ2n) is 5.19. The van der Waals surface area contributed by atoms with E-state index in [2.05, 4.69) is 18.8 Å². The molecule has 2 atom stereocenters. The first kappa shape index (κ1) is 13.8. The predicted molar refractivity (Wildman–Crippen MR) is 72.8 cm³/mol. The molecule has 2 N–H and O–H groups in total. The standard InChI is InChI=1S/C14H19F2N3/c1-4-8(2)5-9(3)19-12-7-10(15)6-11(16)13(12)18-14(19)17/h6-9H,4-5H2,1-3H3,(H2,17,18). The van der Waals surface area contributed by atoms with Crippen LogP contribution >= 0.6 is 0 Å². The monoisotopic (exact) mass is 267 g/mol. The Kier molecular flexibility index (Phi) is 3.73. The number of nitrogen functional groups attached to an aromatic ring is 1. The molecule has 0 radical (unpaired) electrons. The Balaban J connectivity index is 2.50. The molecule has 3 nitrogen and oxygen atoms in total. The number of hydrogen-bond acceptors (Lipinski definition) is 2. The Hall–Kier alpha value is -1.65. The van der Waals surface area contributed by atoms with Crippen molar-refractivity contribution in [2.45, 2.75) is 39.7 Å². The van der Waals surface area contributed by atoms with Crippen molar-refractivity contribution in [1.82, 2.24) is 9.55 Å². The topological polar surface area (TPSA) is 43.8 Å². The summed E-state index contributed by atoms with van der Waals surface area (Å²) < 4.78 is 28.7. The molecule has 0 fully saturated rings. The van der Waals surface area contributed by atoms with E-state index in [9.17, 15) is 8.78 Å². The molecule has 19 heavy (non-hydrogen) atoms. The predicted octanol–water partition coefficient (Wildman–Crippen LogP) is 3.89. The number of halogens is 2.